The summed E-state index contributed by atoms with van der Waals surface area (Å²) in [6.45, 7) is 9.85. The van der Waals surface area contributed by atoms with Crippen molar-refractivity contribution < 1.29 is 14.3 Å². The fraction of sp³-hybridized carbons (Fsp3) is 0.360. The molecule has 0 bridgehead atoms. The lowest BCUT2D eigenvalue weighted by Gasteiger charge is -2.31. The quantitative estimate of drug-likeness (QED) is 0.471. The van der Waals surface area contributed by atoms with Crippen LogP contribution in [0.5, 0.6) is 11.6 Å². The summed E-state index contributed by atoms with van der Waals surface area (Å²) in [6.07, 6.45) is -0.713. The third-order valence-corrected chi connectivity index (χ3v) is 6.58. The zero-order valence-corrected chi connectivity index (χ0v) is 20.6. The highest BCUT2D eigenvalue weighted by molar-refractivity contribution is 7.99. The highest BCUT2D eigenvalue weighted by atomic mass is 32.2. The molecule has 0 N–H and O–H groups in total. The van der Waals surface area contributed by atoms with Crippen LogP contribution in [0.2, 0.25) is 0 Å². The fourth-order valence-corrected chi connectivity index (χ4v) is 4.62. The van der Waals surface area contributed by atoms with Gasteiger partial charge in [-0.3, -0.25) is 9.69 Å². The van der Waals surface area contributed by atoms with Gasteiger partial charge in [0.05, 0.1) is 12.8 Å². The first-order valence-electron chi connectivity index (χ1n) is 10.9. The second-order valence-corrected chi connectivity index (χ2v) is 9.55. The summed E-state index contributed by atoms with van der Waals surface area (Å²) >= 11 is 1.54. The van der Waals surface area contributed by atoms with Crippen molar-refractivity contribution in [1.29, 1.82) is 0 Å². The van der Waals surface area contributed by atoms with Crippen LogP contribution in [0.25, 0.3) is 11.3 Å². The second-order valence-electron chi connectivity index (χ2n) is 8.56. The Morgan fingerprint density at radius 3 is 2.55 bits per heavy atom. The van der Waals surface area contributed by atoms with Crippen molar-refractivity contribution in [2.24, 2.45) is 5.92 Å². The maximum Gasteiger partial charge on any atom is 0.247 e. The standard InChI is InChI=1S/C25H28N4O3S/c1-14(2)13-33-25-26-23-21(27-28-25)20-12-15(3)11-16(4)22(20)29(17(5)30)24(32-23)18-7-9-19(31-6)10-8-18/h7-12,14,24H,13H2,1-6H3. The molecule has 2 aromatic carbocycles. The monoisotopic (exact) mass is 464 g/mol. The molecule has 0 saturated heterocycles. The van der Waals surface area contributed by atoms with E-state index in [1.165, 1.54) is 0 Å². The molecule has 33 heavy (non-hydrogen) atoms. The van der Waals surface area contributed by atoms with Gasteiger partial charge in [-0.05, 0) is 55.7 Å². The molecule has 1 unspecified atom stereocenters. The second kappa shape index (κ2) is 9.39. The molecule has 4 rings (SSSR count). The molecular weight excluding hydrogens is 436 g/mol. The van der Waals surface area contributed by atoms with E-state index in [9.17, 15) is 4.79 Å². The zero-order valence-electron chi connectivity index (χ0n) is 19.7. The number of carbonyl (C=O) groups excluding carboxylic acids is 1. The lowest BCUT2D eigenvalue weighted by Crippen LogP contribution is -2.36. The summed E-state index contributed by atoms with van der Waals surface area (Å²) in [5, 5.41) is 9.42. The van der Waals surface area contributed by atoms with E-state index in [4.69, 9.17) is 14.5 Å². The van der Waals surface area contributed by atoms with Crippen molar-refractivity contribution in [3.05, 3.63) is 53.1 Å². The predicted octanol–water partition coefficient (Wildman–Crippen LogP) is 5.36. The normalized spacial score (nSPS) is 14.9. The molecule has 0 saturated carbocycles. The van der Waals surface area contributed by atoms with Gasteiger partial charge in [0.15, 0.2) is 5.69 Å². The van der Waals surface area contributed by atoms with Gasteiger partial charge in [0.25, 0.3) is 0 Å². The number of hydrogen-bond acceptors (Lipinski definition) is 7. The summed E-state index contributed by atoms with van der Waals surface area (Å²) < 4.78 is 11.8. The lowest BCUT2D eigenvalue weighted by molar-refractivity contribution is -0.118. The van der Waals surface area contributed by atoms with E-state index in [-0.39, 0.29) is 5.91 Å². The number of thioether (sulfide) groups is 1. The van der Waals surface area contributed by atoms with E-state index in [1.807, 2.05) is 44.2 Å². The van der Waals surface area contributed by atoms with Crippen molar-refractivity contribution in [1.82, 2.24) is 15.2 Å². The van der Waals surface area contributed by atoms with Gasteiger partial charge in [-0.1, -0.05) is 37.2 Å². The maximum absolute atomic E-state index is 13.0. The fourth-order valence-electron chi connectivity index (χ4n) is 3.90. The van der Waals surface area contributed by atoms with Gasteiger partial charge in [-0.15, -0.1) is 10.2 Å². The zero-order chi connectivity index (χ0) is 23.7. The summed E-state index contributed by atoms with van der Waals surface area (Å²) in [4.78, 5) is 19.4. The van der Waals surface area contributed by atoms with Gasteiger partial charge in [0, 0.05) is 23.8 Å². The number of amides is 1. The van der Waals surface area contributed by atoms with Crippen LogP contribution in [-0.2, 0) is 4.79 Å². The number of anilines is 1. The van der Waals surface area contributed by atoms with Crippen molar-refractivity contribution in [3.8, 4) is 22.9 Å². The van der Waals surface area contributed by atoms with Crippen LogP contribution in [0.3, 0.4) is 0 Å². The van der Waals surface area contributed by atoms with Crippen LogP contribution in [-0.4, -0.2) is 34.0 Å². The van der Waals surface area contributed by atoms with Crippen LogP contribution < -0.4 is 14.4 Å². The van der Waals surface area contributed by atoms with Gasteiger partial charge in [-0.2, -0.15) is 4.98 Å². The van der Waals surface area contributed by atoms with E-state index in [0.29, 0.717) is 22.6 Å². The molecule has 0 aliphatic carbocycles. The van der Waals surface area contributed by atoms with Crippen molar-refractivity contribution in [2.45, 2.75) is 46.0 Å². The van der Waals surface area contributed by atoms with E-state index in [0.717, 1.165) is 39.4 Å². The maximum atomic E-state index is 13.0. The van der Waals surface area contributed by atoms with E-state index < -0.39 is 6.23 Å². The van der Waals surface area contributed by atoms with Crippen LogP contribution in [0.4, 0.5) is 5.69 Å². The molecule has 1 aromatic heterocycles. The Balaban J connectivity index is 1.92. The molecule has 172 valence electrons. The van der Waals surface area contributed by atoms with Crippen molar-refractivity contribution in [2.75, 3.05) is 17.8 Å². The van der Waals surface area contributed by atoms with E-state index in [1.54, 1.807) is 30.7 Å². The molecular formula is C25H28N4O3S. The minimum absolute atomic E-state index is 0.140. The minimum Gasteiger partial charge on any atom is -0.497 e. The number of ether oxygens (including phenoxy) is 2. The molecule has 1 aliphatic rings. The smallest absolute Gasteiger partial charge is 0.247 e. The number of nitrogens with zero attached hydrogens (tertiary/aromatic N) is 4. The Morgan fingerprint density at radius 1 is 1.18 bits per heavy atom. The molecule has 3 aromatic rings. The minimum atomic E-state index is -0.713. The summed E-state index contributed by atoms with van der Waals surface area (Å²) in [5.41, 5.74) is 4.90. The third-order valence-electron chi connectivity index (χ3n) is 5.32. The summed E-state index contributed by atoms with van der Waals surface area (Å²) in [6, 6.07) is 11.6. The molecule has 0 radical (unpaired) electrons. The molecule has 8 heteroatoms. The summed E-state index contributed by atoms with van der Waals surface area (Å²) in [5.74, 6) is 2.32. The number of carbonyl (C=O) groups is 1. The molecule has 1 amide bonds. The molecule has 2 heterocycles. The molecule has 0 spiro atoms. The van der Waals surface area contributed by atoms with Crippen LogP contribution in [0, 0.1) is 19.8 Å². The molecule has 1 atom stereocenters. The number of methoxy groups -OCH3 is 1. The van der Waals surface area contributed by atoms with Crippen molar-refractivity contribution >= 4 is 23.4 Å². The number of fused-ring (bicyclic) bond motifs is 3. The predicted molar refractivity (Wildman–Crippen MR) is 130 cm³/mol. The molecule has 0 fully saturated rings. The van der Waals surface area contributed by atoms with Crippen LogP contribution in [0.1, 0.15) is 43.7 Å². The number of benzene rings is 2. The Labute approximate surface area is 198 Å². The Morgan fingerprint density at radius 2 is 1.91 bits per heavy atom. The first kappa shape index (κ1) is 23.0. The molecule has 1 aliphatic heterocycles. The van der Waals surface area contributed by atoms with Gasteiger partial charge >= 0.3 is 0 Å². The third kappa shape index (κ3) is 4.66. The van der Waals surface area contributed by atoms with Crippen LogP contribution >= 0.6 is 11.8 Å². The van der Waals surface area contributed by atoms with Gasteiger partial charge < -0.3 is 9.47 Å². The topological polar surface area (TPSA) is 77.4 Å². The number of aromatic nitrogens is 3. The Bertz CT molecular complexity index is 1180. The largest absolute Gasteiger partial charge is 0.497 e. The Hall–Kier alpha value is -3.13. The summed E-state index contributed by atoms with van der Waals surface area (Å²) in [7, 11) is 1.62. The highest BCUT2D eigenvalue weighted by Gasteiger charge is 2.35. The Kier molecular flexibility index (Phi) is 6.56. The first-order chi connectivity index (χ1) is 15.8. The van der Waals surface area contributed by atoms with E-state index >= 15 is 0 Å². The van der Waals surface area contributed by atoms with Gasteiger partial charge in [0.1, 0.15) is 5.75 Å². The number of aryl methyl sites for hydroxylation is 2. The number of rotatable bonds is 5. The lowest BCUT2D eigenvalue weighted by atomic mass is 10.00. The highest BCUT2D eigenvalue weighted by Crippen LogP contribution is 2.45. The average molecular weight is 465 g/mol. The number of hydrogen-bond donors (Lipinski definition) is 0. The first-order valence-corrected chi connectivity index (χ1v) is 11.9. The van der Waals surface area contributed by atoms with Gasteiger partial charge in [-0.25, -0.2) is 0 Å². The van der Waals surface area contributed by atoms with Crippen LogP contribution in [0.15, 0.2) is 41.6 Å². The van der Waals surface area contributed by atoms with Crippen molar-refractivity contribution in [3.63, 3.8) is 0 Å². The van der Waals surface area contributed by atoms with E-state index in [2.05, 4.69) is 30.1 Å². The average Bonchev–Trinajstić information content (AvgIpc) is 2.92. The van der Waals surface area contributed by atoms with Gasteiger partial charge in [0.2, 0.25) is 23.2 Å². The SMILES string of the molecule is COc1ccc(C2Oc3nc(SCC(C)C)nnc3-c3cc(C)cc(C)c3N2C(C)=O)cc1. The molecule has 7 nitrogen and oxygen atoms in total.